The first kappa shape index (κ1) is 21.4. The summed E-state index contributed by atoms with van der Waals surface area (Å²) in [5, 5.41) is 2.83. The van der Waals surface area contributed by atoms with E-state index >= 15 is 0 Å². The molecule has 0 aliphatic rings. The van der Waals surface area contributed by atoms with Gasteiger partial charge < -0.3 is 14.5 Å². The van der Waals surface area contributed by atoms with Crippen molar-refractivity contribution in [2.24, 2.45) is 0 Å². The molecule has 0 radical (unpaired) electrons. The Hall–Kier alpha value is -3.33. The smallest absolute Gasteiger partial charge is 0.478 e. The minimum atomic E-state index is -4.91. The summed E-state index contributed by atoms with van der Waals surface area (Å²) in [5.74, 6) is -0.749. The summed E-state index contributed by atoms with van der Waals surface area (Å²) in [6.45, 7) is 0.871. The zero-order chi connectivity index (χ0) is 21.9. The highest BCUT2D eigenvalue weighted by atomic mass is 19.4. The fraction of sp³-hybridized carbons (Fsp3) is 0.238. The third kappa shape index (κ3) is 4.98. The molecule has 0 aliphatic carbocycles. The van der Waals surface area contributed by atoms with Crippen LogP contribution in [0.5, 0.6) is 5.75 Å². The molecule has 6 nitrogen and oxygen atoms in total. The minimum absolute atomic E-state index is 0.0481. The fourth-order valence-corrected chi connectivity index (χ4v) is 2.97. The first-order chi connectivity index (χ1) is 14.2. The zero-order valence-electron chi connectivity index (χ0n) is 16.1. The van der Waals surface area contributed by atoms with Gasteiger partial charge in [0.05, 0.1) is 0 Å². The van der Waals surface area contributed by atoms with Gasteiger partial charge in [0.2, 0.25) is 0 Å². The van der Waals surface area contributed by atoms with Gasteiger partial charge in [0.25, 0.3) is 5.91 Å². The summed E-state index contributed by atoms with van der Waals surface area (Å²) in [6, 6.07) is 13.3. The molecule has 0 saturated carbocycles. The molecule has 0 aliphatic heterocycles. The number of aryl methyl sites for hydroxylation is 1. The van der Waals surface area contributed by atoms with E-state index in [1.165, 1.54) is 25.2 Å². The molecule has 0 bridgehead atoms. The lowest BCUT2D eigenvalue weighted by Crippen LogP contribution is -2.41. The van der Waals surface area contributed by atoms with Crippen LogP contribution in [0, 0.1) is 6.92 Å². The number of amides is 1. The van der Waals surface area contributed by atoms with Gasteiger partial charge in [-0.05, 0) is 30.2 Å². The number of fused-ring (bicyclic) bond motifs is 1. The van der Waals surface area contributed by atoms with Crippen molar-refractivity contribution in [1.29, 1.82) is 0 Å². The summed E-state index contributed by atoms with van der Waals surface area (Å²) in [4.78, 5) is 23.9. The molecule has 9 heteroatoms. The minimum Gasteiger partial charge on any atom is -0.478 e. The van der Waals surface area contributed by atoms with E-state index in [9.17, 15) is 22.8 Å². The van der Waals surface area contributed by atoms with Gasteiger partial charge in [0.15, 0.2) is 6.10 Å². The fourth-order valence-electron chi connectivity index (χ4n) is 2.97. The van der Waals surface area contributed by atoms with Gasteiger partial charge in [-0.3, -0.25) is 9.53 Å². The number of hydrogen-bond acceptors (Lipinski definition) is 5. The second-order valence-electron chi connectivity index (χ2n) is 6.43. The molecule has 0 saturated heterocycles. The quantitative estimate of drug-likeness (QED) is 0.613. The van der Waals surface area contributed by atoms with Gasteiger partial charge >= 0.3 is 12.0 Å². The molecule has 1 heterocycles. The molecule has 3 rings (SSSR count). The first-order valence-corrected chi connectivity index (χ1v) is 8.91. The van der Waals surface area contributed by atoms with Crippen molar-refractivity contribution in [2.75, 3.05) is 13.7 Å². The number of ether oxygens (including phenoxy) is 2. The van der Waals surface area contributed by atoms with Crippen LogP contribution < -0.4 is 15.7 Å². The van der Waals surface area contributed by atoms with E-state index in [1.54, 1.807) is 6.07 Å². The van der Waals surface area contributed by atoms with E-state index < -0.39 is 30.6 Å². The summed E-state index contributed by atoms with van der Waals surface area (Å²) in [5.41, 5.74) is 2.01. The highest BCUT2D eigenvalue weighted by Crippen LogP contribution is 2.31. The number of rotatable bonds is 6. The molecule has 0 spiro atoms. The van der Waals surface area contributed by atoms with Crippen molar-refractivity contribution in [2.45, 2.75) is 19.4 Å². The summed E-state index contributed by atoms with van der Waals surface area (Å²) in [6.07, 6.45) is -6.46. The molecule has 0 fully saturated rings. The standard InChI is InChI=1S/C21H18F3NO5/c1-12-5-3-4-6-14(12)16-10-19(26)30-17-9-13(7-8-15(16)17)29-18(20(27)25-2)11-28-21(22,23)24/h3-10,18H,11H2,1-2H3,(H,25,27)/t18-/m0/s1. The lowest BCUT2D eigenvalue weighted by Gasteiger charge is -2.19. The maximum absolute atomic E-state index is 12.4. The van der Waals surface area contributed by atoms with Crippen LogP contribution in [-0.4, -0.2) is 32.0 Å². The van der Waals surface area contributed by atoms with Crippen molar-refractivity contribution in [1.82, 2.24) is 5.32 Å². The first-order valence-electron chi connectivity index (χ1n) is 8.91. The van der Waals surface area contributed by atoms with Crippen LogP contribution in [0.4, 0.5) is 13.2 Å². The Kier molecular flexibility index (Phi) is 6.12. The highest BCUT2D eigenvalue weighted by molar-refractivity contribution is 5.94. The van der Waals surface area contributed by atoms with E-state index in [-0.39, 0.29) is 11.3 Å². The molecule has 1 atom stereocenters. The lowest BCUT2D eigenvalue weighted by atomic mass is 9.98. The van der Waals surface area contributed by atoms with E-state index in [1.807, 2.05) is 31.2 Å². The van der Waals surface area contributed by atoms with Gasteiger partial charge in [0, 0.05) is 30.1 Å². The largest absolute Gasteiger partial charge is 0.522 e. The molecule has 0 unspecified atom stereocenters. The second-order valence-corrected chi connectivity index (χ2v) is 6.43. The molecule has 1 amide bonds. The maximum Gasteiger partial charge on any atom is 0.522 e. The maximum atomic E-state index is 12.4. The monoisotopic (exact) mass is 421 g/mol. The van der Waals surface area contributed by atoms with Gasteiger partial charge in [-0.1, -0.05) is 24.3 Å². The van der Waals surface area contributed by atoms with Crippen molar-refractivity contribution >= 4 is 16.9 Å². The predicted octanol–water partition coefficient (Wildman–Crippen LogP) is 3.80. The Morgan fingerprint density at radius 1 is 1.13 bits per heavy atom. The lowest BCUT2D eigenvalue weighted by molar-refractivity contribution is -0.328. The molecule has 2 aromatic carbocycles. The number of halogens is 3. The van der Waals surface area contributed by atoms with Crippen molar-refractivity contribution < 1.29 is 31.9 Å². The predicted molar refractivity (Wildman–Crippen MR) is 103 cm³/mol. The van der Waals surface area contributed by atoms with Crippen LogP contribution in [0.3, 0.4) is 0 Å². The van der Waals surface area contributed by atoms with Gasteiger partial charge in [-0.2, -0.15) is 0 Å². The Morgan fingerprint density at radius 2 is 1.87 bits per heavy atom. The highest BCUT2D eigenvalue weighted by Gasteiger charge is 2.33. The number of benzene rings is 2. The van der Waals surface area contributed by atoms with E-state index in [0.29, 0.717) is 10.9 Å². The van der Waals surface area contributed by atoms with Crippen LogP contribution >= 0.6 is 0 Å². The van der Waals surface area contributed by atoms with Gasteiger partial charge in [0.1, 0.15) is 17.9 Å². The average Bonchev–Trinajstić information content (AvgIpc) is 2.69. The Labute approximate surface area is 169 Å². The molecule has 1 N–H and O–H groups in total. The number of carbonyl (C=O) groups excluding carboxylic acids is 1. The van der Waals surface area contributed by atoms with Crippen LogP contribution in [0.25, 0.3) is 22.1 Å². The molecule has 158 valence electrons. The van der Waals surface area contributed by atoms with Crippen molar-refractivity contribution in [3.63, 3.8) is 0 Å². The van der Waals surface area contributed by atoms with Crippen LogP contribution in [0.15, 0.2) is 57.7 Å². The summed E-state index contributed by atoms with van der Waals surface area (Å²) < 4.78 is 51.4. The van der Waals surface area contributed by atoms with Crippen LogP contribution in [0.1, 0.15) is 5.56 Å². The van der Waals surface area contributed by atoms with E-state index in [0.717, 1.165) is 11.1 Å². The molecular formula is C21H18F3NO5. The normalized spacial score (nSPS) is 12.6. The Morgan fingerprint density at radius 3 is 2.53 bits per heavy atom. The van der Waals surface area contributed by atoms with Gasteiger partial charge in [-0.15, -0.1) is 13.2 Å². The third-order valence-electron chi connectivity index (χ3n) is 4.37. The van der Waals surface area contributed by atoms with Gasteiger partial charge in [-0.25, -0.2) is 4.79 Å². The second kappa shape index (κ2) is 8.58. The van der Waals surface area contributed by atoms with E-state index in [2.05, 4.69) is 10.1 Å². The molecule has 1 aromatic heterocycles. The van der Waals surface area contributed by atoms with E-state index in [4.69, 9.17) is 9.15 Å². The Balaban J connectivity index is 1.97. The number of hydrogen-bond donors (Lipinski definition) is 1. The molecule has 30 heavy (non-hydrogen) atoms. The average molecular weight is 421 g/mol. The van der Waals surface area contributed by atoms with Crippen molar-refractivity contribution in [3.8, 4) is 16.9 Å². The molecular weight excluding hydrogens is 403 g/mol. The zero-order valence-corrected chi connectivity index (χ0v) is 16.1. The Bertz CT molecular complexity index is 1120. The van der Waals surface area contributed by atoms with Crippen molar-refractivity contribution in [3.05, 3.63) is 64.5 Å². The summed E-state index contributed by atoms with van der Waals surface area (Å²) in [7, 11) is 1.26. The van der Waals surface area contributed by atoms with Crippen LogP contribution in [0.2, 0.25) is 0 Å². The third-order valence-corrected chi connectivity index (χ3v) is 4.37. The summed E-state index contributed by atoms with van der Waals surface area (Å²) >= 11 is 0. The number of nitrogens with one attached hydrogen (secondary N) is 1. The number of likely N-dealkylation sites (N-methyl/N-ethyl adjacent to an activating group) is 1. The SMILES string of the molecule is CNC(=O)[C@H](COC(F)(F)F)Oc1ccc2c(-c3ccccc3C)cc(=O)oc2c1. The number of carbonyl (C=O) groups is 1. The molecule has 3 aromatic rings. The number of alkyl halides is 3. The van der Waals surface area contributed by atoms with Crippen LogP contribution in [-0.2, 0) is 9.53 Å². The topological polar surface area (TPSA) is 77.8 Å².